The van der Waals surface area contributed by atoms with Crippen LogP contribution in [-0.2, 0) is 5.88 Å². The number of nitrogens with two attached hydrogens (primary N) is 1. The maximum Gasteiger partial charge on any atom is 0.573 e. The van der Waals surface area contributed by atoms with Crippen LogP contribution in [0.25, 0.3) is 0 Å². The summed E-state index contributed by atoms with van der Waals surface area (Å²) in [6.45, 7) is 0. The number of carbonyl (C=O) groups excluding carboxylic acids is 1. The fraction of sp³-hybridized carbons (Fsp3) is 0.333. The fourth-order valence-corrected chi connectivity index (χ4v) is 1.49. The number of halogens is 6. The van der Waals surface area contributed by atoms with E-state index >= 15 is 0 Å². The average Bonchev–Trinajstić information content (AvgIpc) is 2.25. The number of carbonyl (C=O) groups is 1. The molecule has 19 heavy (non-hydrogen) atoms. The van der Waals surface area contributed by atoms with Crippen molar-refractivity contribution in [3.63, 3.8) is 0 Å². The van der Waals surface area contributed by atoms with Gasteiger partial charge in [0.05, 0.1) is 17.1 Å². The summed E-state index contributed by atoms with van der Waals surface area (Å²) in [4.78, 5) is 14.5. The molecular weight excluding hydrogens is 299 g/mol. The third-order valence-electron chi connectivity index (χ3n) is 1.96. The quantitative estimate of drug-likeness (QED) is 0.687. The predicted molar refractivity (Wildman–Crippen MR) is 54.0 cm³/mol. The highest BCUT2D eigenvalue weighted by molar-refractivity contribution is 6.17. The molecule has 10 heteroatoms. The zero-order valence-electron chi connectivity index (χ0n) is 8.97. The molecule has 1 rings (SSSR count). The Morgan fingerprint density at radius 1 is 1.47 bits per heavy atom. The number of hydrogen-bond donors (Lipinski definition) is 1. The third kappa shape index (κ3) is 3.66. The van der Waals surface area contributed by atoms with E-state index in [1.165, 1.54) is 0 Å². The van der Waals surface area contributed by atoms with Crippen LogP contribution in [-0.4, -0.2) is 17.3 Å². The summed E-state index contributed by atoms with van der Waals surface area (Å²) in [5, 5.41) is 0. The first-order valence-electron chi connectivity index (χ1n) is 4.58. The number of pyridine rings is 1. The number of aromatic nitrogens is 1. The smallest absolute Gasteiger partial charge is 0.404 e. The van der Waals surface area contributed by atoms with Crippen molar-refractivity contribution in [2.75, 3.05) is 0 Å². The van der Waals surface area contributed by atoms with E-state index in [0.717, 1.165) is 0 Å². The van der Waals surface area contributed by atoms with E-state index in [4.69, 9.17) is 17.3 Å². The van der Waals surface area contributed by atoms with Gasteiger partial charge in [-0.05, 0) is 0 Å². The van der Waals surface area contributed by atoms with E-state index in [0.29, 0.717) is 6.20 Å². The SMILES string of the molecule is NC(=O)c1c(CCl)ncc(C(F)F)c1OC(F)(F)F. The fourth-order valence-electron chi connectivity index (χ4n) is 1.28. The molecule has 0 saturated heterocycles. The lowest BCUT2D eigenvalue weighted by molar-refractivity contribution is -0.275. The molecule has 1 amide bonds. The van der Waals surface area contributed by atoms with E-state index in [-0.39, 0.29) is 5.69 Å². The number of nitrogens with zero attached hydrogens (tertiary/aromatic N) is 1. The molecule has 0 bridgehead atoms. The van der Waals surface area contributed by atoms with Gasteiger partial charge in [0.25, 0.3) is 12.3 Å². The first-order chi connectivity index (χ1) is 8.67. The van der Waals surface area contributed by atoms with Crippen molar-refractivity contribution in [3.05, 3.63) is 23.0 Å². The maximum absolute atomic E-state index is 12.6. The molecule has 2 N–H and O–H groups in total. The number of ether oxygens (including phenoxy) is 1. The Morgan fingerprint density at radius 2 is 2.05 bits per heavy atom. The molecule has 0 spiro atoms. The van der Waals surface area contributed by atoms with Crippen LogP contribution in [0.1, 0.15) is 28.0 Å². The molecule has 1 aromatic heterocycles. The van der Waals surface area contributed by atoms with Gasteiger partial charge < -0.3 is 10.5 Å². The number of rotatable bonds is 4. The van der Waals surface area contributed by atoms with Crippen molar-refractivity contribution in [1.82, 2.24) is 4.98 Å². The topological polar surface area (TPSA) is 65.2 Å². The molecule has 106 valence electrons. The Labute approximate surface area is 108 Å². The van der Waals surface area contributed by atoms with E-state index in [2.05, 4.69) is 9.72 Å². The van der Waals surface area contributed by atoms with Gasteiger partial charge in [0.2, 0.25) is 0 Å². The lowest BCUT2D eigenvalue weighted by atomic mass is 10.1. The summed E-state index contributed by atoms with van der Waals surface area (Å²) in [7, 11) is 0. The summed E-state index contributed by atoms with van der Waals surface area (Å²) >= 11 is 5.36. The van der Waals surface area contributed by atoms with Crippen molar-refractivity contribution in [2.24, 2.45) is 5.73 Å². The summed E-state index contributed by atoms with van der Waals surface area (Å²) in [5.74, 6) is -3.26. The second-order valence-corrected chi connectivity index (χ2v) is 3.48. The van der Waals surface area contributed by atoms with Crippen LogP contribution < -0.4 is 10.5 Å². The Morgan fingerprint density at radius 3 is 2.42 bits per heavy atom. The highest BCUT2D eigenvalue weighted by Gasteiger charge is 2.36. The molecule has 0 aromatic carbocycles. The van der Waals surface area contributed by atoms with Gasteiger partial charge in [0, 0.05) is 6.20 Å². The van der Waals surface area contributed by atoms with E-state index in [1.807, 2.05) is 0 Å². The van der Waals surface area contributed by atoms with Crippen LogP contribution >= 0.6 is 11.6 Å². The van der Waals surface area contributed by atoms with Crippen molar-refractivity contribution in [2.45, 2.75) is 18.7 Å². The Kier molecular flexibility index (Phi) is 4.51. The predicted octanol–water partition coefficient (Wildman–Crippen LogP) is 2.76. The van der Waals surface area contributed by atoms with Crippen LogP contribution in [0.5, 0.6) is 5.75 Å². The monoisotopic (exact) mass is 304 g/mol. The molecule has 0 unspecified atom stereocenters. The van der Waals surface area contributed by atoms with Crippen molar-refractivity contribution < 1.29 is 31.5 Å². The van der Waals surface area contributed by atoms with Gasteiger partial charge in [-0.3, -0.25) is 9.78 Å². The van der Waals surface area contributed by atoms with Crippen molar-refractivity contribution >= 4 is 17.5 Å². The zero-order valence-corrected chi connectivity index (χ0v) is 9.73. The number of alkyl halides is 6. The first-order valence-corrected chi connectivity index (χ1v) is 5.12. The molecule has 1 heterocycles. The van der Waals surface area contributed by atoms with Crippen LogP contribution in [0, 0.1) is 0 Å². The molecule has 0 aliphatic rings. The summed E-state index contributed by atoms with van der Waals surface area (Å²) < 4.78 is 65.2. The number of hydrogen-bond acceptors (Lipinski definition) is 3. The highest BCUT2D eigenvalue weighted by Crippen LogP contribution is 2.36. The van der Waals surface area contributed by atoms with Gasteiger partial charge in [-0.1, -0.05) is 0 Å². The van der Waals surface area contributed by atoms with E-state index in [9.17, 15) is 26.7 Å². The van der Waals surface area contributed by atoms with Gasteiger partial charge in [-0.25, -0.2) is 8.78 Å². The first kappa shape index (κ1) is 15.4. The van der Waals surface area contributed by atoms with Crippen LogP contribution in [0.3, 0.4) is 0 Å². The molecular formula is C9H6ClF5N2O2. The van der Waals surface area contributed by atoms with Gasteiger partial charge >= 0.3 is 6.36 Å². The van der Waals surface area contributed by atoms with Crippen LogP contribution in [0.15, 0.2) is 6.20 Å². The number of primary amides is 1. The highest BCUT2D eigenvalue weighted by atomic mass is 35.5. The average molecular weight is 305 g/mol. The molecule has 1 aromatic rings. The zero-order chi connectivity index (χ0) is 14.8. The van der Waals surface area contributed by atoms with E-state index in [1.54, 1.807) is 0 Å². The van der Waals surface area contributed by atoms with Gasteiger partial charge in [0.15, 0.2) is 5.75 Å². The molecule has 0 aliphatic heterocycles. The Hall–Kier alpha value is -1.64. The van der Waals surface area contributed by atoms with Crippen LogP contribution in [0.2, 0.25) is 0 Å². The second-order valence-electron chi connectivity index (χ2n) is 3.21. The minimum absolute atomic E-state index is 0.377. The molecule has 0 aliphatic carbocycles. The van der Waals surface area contributed by atoms with Gasteiger partial charge in [-0.15, -0.1) is 24.8 Å². The van der Waals surface area contributed by atoms with Crippen LogP contribution in [0.4, 0.5) is 22.0 Å². The maximum atomic E-state index is 12.6. The largest absolute Gasteiger partial charge is 0.573 e. The second kappa shape index (κ2) is 5.55. The lowest BCUT2D eigenvalue weighted by Gasteiger charge is -2.16. The summed E-state index contributed by atoms with van der Waals surface area (Å²) in [5.41, 5.74) is 2.37. The molecule has 0 fully saturated rings. The normalized spacial score (nSPS) is 11.7. The summed E-state index contributed by atoms with van der Waals surface area (Å²) in [6.07, 6.45) is -8.14. The van der Waals surface area contributed by atoms with E-state index < -0.39 is 41.5 Å². The van der Waals surface area contributed by atoms with Gasteiger partial charge in [0.1, 0.15) is 5.56 Å². The molecule has 4 nitrogen and oxygen atoms in total. The Balaban J connectivity index is 3.53. The van der Waals surface area contributed by atoms with Crippen molar-refractivity contribution in [3.8, 4) is 5.75 Å². The summed E-state index contributed by atoms with van der Waals surface area (Å²) in [6, 6.07) is 0. The van der Waals surface area contributed by atoms with Gasteiger partial charge in [-0.2, -0.15) is 0 Å². The third-order valence-corrected chi connectivity index (χ3v) is 2.22. The number of amides is 1. The molecule has 0 radical (unpaired) electrons. The van der Waals surface area contributed by atoms with Crippen molar-refractivity contribution in [1.29, 1.82) is 0 Å². The molecule has 0 saturated carbocycles. The Bertz CT molecular complexity index is 492. The standard InChI is InChI=1S/C9H6ClF5N2O2/c10-1-4-5(8(16)18)6(19-9(13,14)15)3(2-17-4)7(11)12/h2,7H,1H2,(H2,16,18). The molecule has 0 atom stereocenters. The minimum Gasteiger partial charge on any atom is -0.404 e. The minimum atomic E-state index is -5.27. The lowest BCUT2D eigenvalue weighted by Crippen LogP contribution is -2.24.